The van der Waals surface area contributed by atoms with Crippen LogP contribution in [0.2, 0.25) is 0 Å². The van der Waals surface area contributed by atoms with Crippen molar-refractivity contribution in [3.8, 4) is 0 Å². The van der Waals surface area contributed by atoms with Crippen LogP contribution in [-0.2, 0) is 4.74 Å². The lowest BCUT2D eigenvalue weighted by molar-refractivity contribution is 0.0381. The highest BCUT2D eigenvalue weighted by Crippen LogP contribution is 2.09. The van der Waals surface area contributed by atoms with Crippen LogP contribution in [0.1, 0.15) is 19.3 Å². The molecule has 0 saturated carbocycles. The fraction of sp³-hybridized carbons (Fsp3) is 1.00. The molecule has 2 fully saturated rings. The van der Waals surface area contributed by atoms with Crippen molar-refractivity contribution in [1.82, 2.24) is 15.1 Å². The van der Waals surface area contributed by atoms with Gasteiger partial charge in [0.1, 0.15) is 0 Å². The Morgan fingerprint density at radius 3 is 2.76 bits per heavy atom. The molecule has 17 heavy (non-hydrogen) atoms. The summed E-state index contributed by atoms with van der Waals surface area (Å²) in [7, 11) is 2.23. The molecule has 0 spiro atoms. The average Bonchev–Trinajstić information content (AvgIpc) is 2.56. The van der Waals surface area contributed by atoms with Crippen LogP contribution in [0.25, 0.3) is 0 Å². The highest BCUT2D eigenvalue weighted by Gasteiger charge is 2.15. The Kier molecular flexibility index (Phi) is 5.71. The van der Waals surface area contributed by atoms with E-state index < -0.39 is 0 Å². The Balaban J connectivity index is 1.57. The van der Waals surface area contributed by atoms with Crippen molar-refractivity contribution < 1.29 is 4.74 Å². The number of nitrogens with zero attached hydrogens (tertiary/aromatic N) is 2. The van der Waals surface area contributed by atoms with E-state index in [1.165, 1.54) is 38.9 Å². The molecule has 4 nitrogen and oxygen atoms in total. The molecule has 1 unspecified atom stereocenters. The molecule has 0 aliphatic carbocycles. The molecule has 2 rings (SSSR count). The second kappa shape index (κ2) is 7.31. The summed E-state index contributed by atoms with van der Waals surface area (Å²) in [5.41, 5.74) is 0. The van der Waals surface area contributed by atoms with Crippen LogP contribution >= 0.6 is 0 Å². The van der Waals surface area contributed by atoms with Gasteiger partial charge in [0.05, 0.1) is 13.2 Å². The maximum absolute atomic E-state index is 5.36. The molecule has 4 heteroatoms. The van der Waals surface area contributed by atoms with Crippen LogP contribution < -0.4 is 5.32 Å². The Bertz CT molecular complexity index is 207. The zero-order valence-electron chi connectivity index (χ0n) is 11.2. The van der Waals surface area contributed by atoms with E-state index >= 15 is 0 Å². The van der Waals surface area contributed by atoms with Crippen LogP contribution in [0.5, 0.6) is 0 Å². The summed E-state index contributed by atoms with van der Waals surface area (Å²) in [6, 6.07) is 0.737. The topological polar surface area (TPSA) is 27.7 Å². The van der Waals surface area contributed by atoms with Crippen molar-refractivity contribution in [3.05, 3.63) is 0 Å². The third kappa shape index (κ3) is 4.92. The first-order valence-corrected chi connectivity index (χ1v) is 7.06. The van der Waals surface area contributed by atoms with Crippen LogP contribution in [-0.4, -0.2) is 75.4 Å². The van der Waals surface area contributed by atoms with E-state index in [0.29, 0.717) is 0 Å². The van der Waals surface area contributed by atoms with Gasteiger partial charge in [-0.2, -0.15) is 0 Å². The summed E-state index contributed by atoms with van der Waals surface area (Å²) in [5.74, 6) is 0. The van der Waals surface area contributed by atoms with Crippen molar-refractivity contribution in [3.63, 3.8) is 0 Å². The monoisotopic (exact) mass is 241 g/mol. The third-order valence-corrected chi connectivity index (χ3v) is 3.92. The fourth-order valence-corrected chi connectivity index (χ4v) is 2.70. The Morgan fingerprint density at radius 1 is 1.12 bits per heavy atom. The summed E-state index contributed by atoms with van der Waals surface area (Å²) < 4.78 is 5.36. The number of likely N-dealkylation sites (tertiary alicyclic amines) is 1. The molecule has 0 bridgehead atoms. The molecule has 0 aromatic rings. The van der Waals surface area contributed by atoms with Crippen molar-refractivity contribution in [1.29, 1.82) is 0 Å². The summed E-state index contributed by atoms with van der Waals surface area (Å²) in [5, 5.41) is 3.72. The van der Waals surface area contributed by atoms with Crippen LogP contribution in [0.15, 0.2) is 0 Å². The van der Waals surface area contributed by atoms with Crippen LogP contribution in [0, 0.1) is 0 Å². The zero-order valence-corrected chi connectivity index (χ0v) is 11.2. The molecule has 0 radical (unpaired) electrons. The van der Waals surface area contributed by atoms with Crippen molar-refractivity contribution in [2.45, 2.75) is 25.3 Å². The maximum atomic E-state index is 5.36. The highest BCUT2D eigenvalue weighted by molar-refractivity contribution is 4.74. The summed E-state index contributed by atoms with van der Waals surface area (Å²) in [6.07, 6.45) is 3.98. The molecule has 2 aliphatic heterocycles. The van der Waals surface area contributed by atoms with E-state index in [1.807, 2.05) is 0 Å². The molecule has 1 N–H and O–H groups in total. The van der Waals surface area contributed by atoms with E-state index in [-0.39, 0.29) is 0 Å². The van der Waals surface area contributed by atoms with Gasteiger partial charge in [0.2, 0.25) is 0 Å². The lowest BCUT2D eigenvalue weighted by atomic mass is 10.1. The second-order valence-electron chi connectivity index (χ2n) is 5.34. The molecule has 100 valence electrons. The number of hydrogen-bond acceptors (Lipinski definition) is 4. The van der Waals surface area contributed by atoms with Crippen molar-refractivity contribution >= 4 is 0 Å². The molecule has 1 atom stereocenters. The first-order chi connectivity index (χ1) is 8.34. The summed E-state index contributed by atoms with van der Waals surface area (Å²) >= 11 is 0. The molecule has 2 aliphatic rings. The van der Waals surface area contributed by atoms with Crippen LogP contribution in [0.3, 0.4) is 0 Å². The fourth-order valence-electron chi connectivity index (χ4n) is 2.70. The highest BCUT2D eigenvalue weighted by atomic mass is 16.5. The zero-order chi connectivity index (χ0) is 11.9. The molecular weight excluding hydrogens is 214 g/mol. The van der Waals surface area contributed by atoms with Crippen molar-refractivity contribution in [2.24, 2.45) is 0 Å². The minimum atomic E-state index is 0.737. The molecule has 0 aromatic carbocycles. The van der Waals surface area contributed by atoms with Gasteiger partial charge in [-0.15, -0.1) is 0 Å². The second-order valence-corrected chi connectivity index (χ2v) is 5.34. The van der Waals surface area contributed by atoms with Gasteiger partial charge in [0.25, 0.3) is 0 Å². The summed E-state index contributed by atoms with van der Waals surface area (Å²) in [6.45, 7) is 8.85. The van der Waals surface area contributed by atoms with Crippen molar-refractivity contribution in [2.75, 3.05) is 59.5 Å². The van der Waals surface area contributed by atoms with Crippen LogP contribution in [0.4, 0.5) is 0 Å². The molecule has 0 amide bonds. The lowest BCUT2D eigenvalue weighted by Crippen LogP contribution is -2.42. The first-order valence-electron chi connectivity index (χ1n) is 7.06. The van der Waals surface area contributed by atoms with E-state index in [4.69, 9.17) is 4.74 Å². The maximum Gasteiger partial charge on any atom is 0.0594 e. The van der Waals surface area contributed by atoms with E-state index in [9.17, 15) is 0 Å². The van der Waals surface area contributed by atoms with E-state index in [0.717, 1.165) is 38.9 Å². The normalized spacial score (nSPS) is 29.1. The minimum absolute atomic E-state index is 0.737. The molecular formula is C13H27N3O. The SMILES string of the molecule is CN1CCCC(NCCN2CCOCC2)CC1. The van der Waals surface area contributed by atoms with Gasteiger partial charge in [0.15, 0.2) is 0 Å². The standard InChI is InChI=1S/C13H27N3O/c1-15-6-2-3-13(4-7-15)14-5-8-16-9-11-17-12-10-16/h13-14H,2-12H2,1H3. The van der Waals surface area contributed by atoms with Gasteiger partial charge in [-0.25, -0.2) is 0 Å². The summed E-state index contributed by atoms with van der Waals surface area (Å²) in [4.78, 5) is 4.95. The number of rotatable bonds is 4. The number of hydrogen-bond donors (Lipinski definition) is 1. The largest absolute Gasteiger partial charge is 0.379 e. The smallest absolute Gasteiger partial charge is 0.0594 e. The van der Waals surface area contributed by atoms with Gasteiger partial charge in [-0.1, -0.05) is 0 Å². The quantitative estimate of drug-likeness (QED) is 0.771. The van der Waals surface area contributed by atoms with E-state index in [2.05, 4.69) is 22.2 Å². The Hall–Kier alpha value is -0.160. The third-order valence-electron chi connectivity index (χ3n) is 3.92. The predicted molar refractivity (Wildman–Crippen MR) is 70.4 cm³/mol. The van der Waals surface area contributed by atoms with E-state index in [1.54, 1.807) is 0 Å². The number of nitrogens with one attached hydrogen (secondary N) is 1. The lowest BCUT2D eigenvalue weighted by Gasteiger charge is -2.27. The van der Waals surface area contributed by atoms with Gasteiger partial charge in [-0.3, -0.25) is 4.90 Å². The van der Waals surface area contributed by atoms with Gasteiger partial charge >= 0.3 is 0 Å². The molecule has 2 heterocycles. The van der Waals surface area contributed by atoms with Gasteiger partial charge in [-0.05, 0) is 39.4 Å². The number of morpholine rings is 1. The average molecular weight is 241 g/mol. The van der Waals surface area contributed by atoms with Gasteiger partial charge < -0.3 is 15.0 Å². The Morgan fingerprint density at radius 2 is 1.94 bits per heavy atom. The number of ether oxygens (including phenoxy) is 1. The predicted octanol–water partition coefficient (Wildman–Crippen LogP) is 0.393. The van der Waals surface area contributed by atoms with Gasteiger partial charge in [0, 0.05) is 32.2 Å². The Labute approximate surface area is 105 Å². The minimum Gasteiger partial charge on any atom is -0.379 e. The first kappa shape index (κ1) is 13.3. The molecule has 0 aromatic heterocycles. The molecule has 2 saturated heterocycles.